The average molecular weight is 397 g/mol. The van der Waals surface area contributed by atoms with Gasteiger partial charge in [-0.1, -0.05) is 12.1 Å². The molecular formula is C19H28N2O5S. The summed E-state index contributed by atoms with van der Waals surface area (Å²) in [6, 6.07) is 6.67. The zero-order valence-electron chi connectivity index (χ0n) is 15.9. The topological polar surface area (TPSA) is 104 Å². The lowest BCUT2D eigenvalue weighted by Crippen LogP contribution is -2.43. The number of nitrogens with one attached hydrogen (secondary N) is 1. The Kier molecular flexibility index (Phi) is 7.00. The molecule has 27 heavy (non-hydrogen) atoms. The van der Waals surface area contributed by atoms with Gasteiger partial charge >= 0.3 is 5.97 Å². The zero-order valence-corrected chi connectivity index (χ0v) is 16.7. The molecule has 2 rings (SSSR count). The minimum atomic E-state index is -3.42. The fraction of sp³-hybridized carbons (Fsp3) is 0.579. The van der Waals surface area contributed by atoms with E-state index in [0.29, 0.717) is 25.9 Å². The number of carboxylic acids is 1. The van der Waals surface area contributed by atoms with Crippen LogP contribution in [-0.4, -0.2) is 48.3 Å². The van der Waals surface area contributed by atoms with E-state index in [-0.39, 0.29) is 23.6 Å². The summed E-state index contributed by atoms with van der Waals surface area (Å²) in [7, 11) is -3.42. The molecule has 1 aromatic carbocycles. The van der Waals surface area contributed by atoms with Gasteiger partial charge in [-0.2, -0.15) is 4.31 Å². The zero-order chi connectivity index (χ0) is 20.1. The van der Waals surface area contributed by atoms with Gasteiger partial charge in [0.1, 0.15) is 0 Å². The Balaban J connectivity index is 1.87. The Bertz CT molecular complexity index is 766. The minimum Gasteiger partial charge on any atom is -0.481 e. The van der Waals surface area contributed by atoms with Crippen LogP contribution in [0.25, 0.3) is 0 Å². The van der Waals surface area contributed by atoms with Crippen molar-refractivity contribution in [3.63, 3.8) is 0 Å². The maximum Gasteiger partial charge on any atom is 0.303 e. The van der Waals surface area contributed by atoms with Gasteiger partial charge in [-0.3, -0.25) is 9.59 Å². The highest BCUT2D eigenvalue weighted by molar-refractivity contribution is 7.89. The molecule has 1 fully saturated rings. The summed E-state index contributed by atoms with van der Waals surface area (Å²) in [5.41, 5.74) is 0.303. The predicted molar refractivity (Wildman–Crippen MR) is 102 cm³/mol. The van der Waals surface area contributed by atoms with Gasteiger partial charge in [0.15, 0.2) is 0 Å². The molecule has 1 aliphatic rings. The Morgan fingerprint density at radius 2 is 1.70 bits per heavy atom. The van der Waals surface area contributed by atoms with Crippen molar-refractivity contribution in [1.29, 1.82) is 0 Å². The number of nitrogens with zero attached hydrogens (tertiary/aromatic N) is 1. The molecular weight excluding hydrogens is 368 g/mol. The molecule has 0 aromatic heterocycles. The number of carbonyl (C=O) groups is 2. The summed E-state index contributed by atoms with van der Waals surface area (Å²) >= 11 is 0. The second-order valence-corrected chi connectivity index (χ2v) is 9.52. The summed E-state index contributed by atoms with van der Waals surface area (Å²) in [5, 5.41) is 11.6. The first-order valence-electron chi connectivity index (χ1n) is 9.22. The summed E-state index contributed by atoms with van der Waals surface area (Å²) in [6.45, 7) is 4.74. The van der Waals surface area contributed by atoms with Crippen molar-refractivity contribution in [1.82, 2.24) is 9.62 Å². The molecule has 0 bridgehead atoms. The number of carboxylic acid groups (broad SMARTS) is 1. The number of hydrogen-bond donors (Lipinski definition) is 2. The van der Waals surface area contributed by atoms with Crippen molar-refractivity contribution in [2.75, 3.05) is 13.1 Å². The van der Waals surface area contributed by atoms with Gasteiger partial charge in [-0.15, -0.1) is 0 Å². The van der Waals surface area contributed by atoms with Crippen LogP contribution in [0.5, 0.6) is 0 Å². The van der Waals surface area contributed by atoms with E-state index in [1.54, 1.807) is 38.1 Å². The number of sulfonamides is 1. The van der Waals surface area contributed by atoms with Crippen LogP contribution in [0.2, 0.25) is 0 Å². The van der Waals surface area contributed by atoms with Crippen molar-refractivity contribution in [3.8, 4) is 0 Å². The lowest BCUT2D eigenvalue weighted by Gasteiger charge is -2.25. The van der Waals surface area contributed by atoms with Crippen molar-refractivity contribution in [3.05, 3.63) is 29.8 Å². The lowest BCUT2D eigenvalue weighted by atomic mass is 9.98. The molecule has 150 valence electrons. The van der Waals surface area contributed by atoms with Gasteiger partial charge in [0.05, 0.1) is 4.90 Å². The van der Waals surface area contributed by atoms with Crippen LogP contribution in [0, 0.1) is 0 Å². The SMILES string of the molecule is CC(C)(CCC(=O)O)NC(=O)CCc1ccc(S(=O)(=O)N2CCCC2)cc1. The first-order chi connectivity index (χ1) is 12.6. The molecule has 2 N–H and O–H groups in total. The van der Waals surface area contributed by atoms with Crippen molar-refractivity contribution in [2.45, 2.75) is 62.8 Å². The maximum absolute atomic E-state index is 12.5. The van der Waals surface area contributed by atoms with E-state index < -0.39 is 21.5 Å². The van der Waals surface area contributed by atoms with Crippen LogP contribution >= 0.6 is 0 Å². The van der Waals surface area contributed by atoms with E-state index >= 15 is 0 Å². The second-order valence-electron chi connectivity index (χ2n) is 7.58. The van der Waals surface area contributed by atoms with Crippen LogP contribution in [0.4, 0.5) is 0 Å². The third kappa shape index (κ3) is 6.32. The summed E-state index contributed by atoms with van der Waals surface area (Å²) < 4.78 is 26.5. The molecule has 1 amide bonds. The van der Waals surface area contributed by atoms with Crippen LogP contribution < -0.4 is 5.32 Å². The Morgan fingerprint density at radius 3 is 2.26 bits per heavy atom. The fourth-order valence-electron chi connectivity index (χ4n) is 3.09. The van der Waals surface area contributed by atoms with Gasteiger partial charge in [-0.25, -0.2) is 8.42 Å². The number of rotatable bonds is 9. The van der Waals surface area contributed by atoms with E-state index in [2.05, 4.69) is 5.32 Å². The first kappa shape index (κ1) is 21.4. The van der Waals surface area contributed by atoms with Crippen molar-refractivity contribution in [2.24, 2.45) is 0 Å². The van der Waals surface area contributed by atoms with E-state index in [1.807, 2.05) is 0 Å². The highest BCUT2D eigenvalue weighted by Gasteiger charge is 2.27. The molecule has 8 heteroatoms. The maximum atomic E-state index is 12.5. The largest absolute Gasteiger partial charge is 0.481 e. The van der Waals surface area contributed by atoms with E-state index in [4.69, 9.17) is 5.11 Å². The summed E-state index contributed by atoms with van der Waals surface area (Å²) in [5.74, 6) is -1.04. The molecule has 1 saturated heterocycles. The van der Waals surface area contributed by atoms with E-state index in [0.717, 1.165) is 18.4 Å². The summed E-state index contributed by atoms with van der Waals surface area (Å²) in [6.07, 6.45) is 2.90. The standard InChI is InChI=1S/C19H28N2O5S/c1-19(2,12-11-18(23)24)20-17(22)10-7-15-5-8-16(9-6-15)27(25,26)21-13-3-4-14-21/h5-6,8-9H,3-4,7,10-14H2,1-2H3,(H,20,22)(H,23,24). The molecule has 1 aromatic rings. The highest BCUT2D eigenvalue weighted by atomic mass is 32.2. The fourth-order valence-corrected chi connectivity index (χ4v) is 4.60. The normalized spacial score (nSPS) is 15.6. The van der Waals surface area contributed by atoms with Crippen LogP contribution in [0.3, 0.4) is 0 Å². The minimum absolute atomic E-state index is 0.000232. The number of aliphatic carboxylic acids is 1. The van der Waals surface area contributed by atoms with Crippen molar-refractivity contribution < 1.29 is 23.1 Å². The Hall–Kier alpha value is -1.93. The quantitative estimate of drug-likeness (QED) is 0.666. The van der Waals surface area contributed by atoms with Gasteiger partial charge in [-0.05, 0) is 57.2 Å². The Morgan fingerprint density at radius 1 is 1.11 bits per heavy atom. The third-order valence-corrected chi connectivity index (χ3v) is 6.62. The van der Waals surface area contributed by atoms with Gasteiger partial charge in [0.2, 0.25) is 15.9 Å². The molecule has 7 nitrogen and oxygen atoms in total. The Labute approximate surface area is 160 Å². The molecule has 0 saturated carbocycles. The number of hydrogen-bond acceptors (Lipinski definition) is 4. The van der Waals surface area contributed by atoms with Gasteiger partial charge in [0, 0.05) is 31.5 Å². The van der Waals surface area contributed by atoms with Gasteiger partial charge < -0.3 is 10.4 Å². The molecule has 0 unspecified atom stereocenters. The van der Waals surface area contributed by atoms with Crippen molar-refractivity contribution >= 4 is 21.9 Å². The third-order valence-electron chi connectivity index (χ3n) is 4.71. The monoisotopic (exact) mass is 396 g/mol. The smallest absolute Gasteiger partial charge is 0.303 e. The second kappa shape index (κ2) is 8.84. The number of carbonyl (C=O) groups excluding carboxylic acids is 1. The molecule has 1 heterocycles. The molecule has 1 aliphatic heterocycles. The average Bonchev–Trinajstić information content (AvgIpc) is 3.14. The molecule has 0 atom stereocenters. The number of benzene rings is 1. The number of amides is 1. The molecule has 0 aliphatic carbocycles. The lowest BCUT2D eigenvalue weighted by molar-refractivity contribution is -0.137. The van der Waals surface area contributed by atoms with E-state index in [1.165, 1.54) is 4.31 Å². The van der Waals surface area contributed by atoms with Gasteiger partial charge in [0.25, 0.3) is 0 Å². The highest BCUT2D eigenvalue weighted by Crippen LogP contribution is 2.21. The molecule has 0 spiro atoms. The molecule has 0 radical (unpaired) electrons. The van der Waals surface area contributed by atoms with E-state index in [9.17, 15) is 18.0 Å². The summed E-state index contributed by atoms with van der Waals surface area (Å²) in [4.78, 5) is 23.1. The van der Waals surface area contributed by atoms with Crippen LogP contribution in [-0.2, 0) is 26.0 Å². The predicted octanol–water partition coefficient (Wildman–Crippen LogP) is 2.16. The number of aryl methyl sites for hydroxylation is 1. The van der Waals surface area contributed by atoms with Crippen LogP contribution in [0.15, 0.2) is 29.2 Å². The first-order valence-corrected chi connectivity index (χ1v) is 10.7. The van der Waals surface area contributed by atoms with Crippen LogP contribution in [0.1, 0.15) is 51.5 Å².